The van der Waals surface area contributed by atoms with Crippen molar-refractivity contribution in [1.29, 1.82) is 0 Å². The summed E-state index contributed by atoms with van der Waals surface area (Å²) in [7, 11) is 1.65. The molecule has 3 rings (SSSR count). The Balaban J connectivity index is 1.86. The van der Waals surface area contributed by atoms with Crippen LogP contribution in [0.3, 0.4) is 0 Å². The molecule has 0 saturated heterocycles. The number of hydrogen-bond donors (Lipinski definition) is 1. The zero-order valence-corrected chi connectivity index (χ0v) is 11.9. The number of nitrogen functional groups attached to an aromatic ring is 1. The summed E-state index contributed by atoms with van der Waals surface area (Å²) in [4.78, 5) is 0. The minimum absolute atomic E-state index is 0.677. The fraction of sp³-hybridized carbons (Fsp3) is 0.118. The first-order chi connectivity index (χ1) is 10.3. The number of hydrogen-bond acceptors (Lipinski definition) is 3. The van der Waals surface area contributed by atoms with Crippen LogP contribution in [0.2, 0.25) is 0 Å². The van der Waals surface area contributed by atoms with Gasteiger partial charge in [0.1, 0.15) is 11.4 Å². The molecule has 0 spiro atoms. The monoisotopic (exact) mass is 279 g/mol. The molecule has 0 aliphatic heterocycles. The fourth-order valence-electron chi connectivity index (χ4n) is 2.26. The number of aromatic nitrogens is 2. The summed E-state index contributed by atoms with van der Waals surface area (Å²) >= 11 is 0. The van der Waals surface area contributed by atoms with E-state index in [0.29, 0.717) is 12.2 Å². The molecule has 2 N–H and O–H groups in total. The molecule has 0 saturated carbocycles. The van der Waals surface area contributed by atoms with Crippen LogP contribution in [0.1, 0.15) is 5.56 Å². The van der Waals surface area contributed by atoms with Crippen molar-refractivity contribution in [2.45, 2.75) is 6.54 Å². The first-order valence-electron chi connectivity index (χ1n) is 6.77. The molecule has 4 heteroatoms. The highest BCUT2D eigenvalue weighted by atomic mass is 16.5. The Morgan fingerprint density at radius 2 is 1.76 bits per heavy atom. The van der Waals surface area contributed by atoms with E-state index in [0.717, 1.165) is 17.0 Å². The van der Waals surface area contributed by atoms with Gasteiger partial charge < -0.3 is 10.5 Å². The van der Waals surface area contributed by atoms with Gasteiger partial charge in [0.15, 0.2) is 0 Å². The lowest BCUT2D eigenvalue weighted by molar-refractivity contribution is 0.415. The van der Waals surface area contributed by atoms with Crippen LogP contribution in [-0.2, 0) is 6.54 Å². The van der Waals surface area contributed by atoms with Crippen LogP contribution in [0.4, 0.5) is 5.69 Å². The van der Waals surface area contributed by atoms with Crippen LogP contribution in [0.15, 0.2) is 60.8 Å². The summed E-state index contributed by atoms with van der Waals surface area (Å²) in [5.41, 5.74) is 9.74. The van der Waals surface area contributed by atoms with Crippen molar-refractivity contribution in [3.63, 3.8) is 0 Å². The van der Waals surface area contributed by atoms with Crippen LogP contribution in [-0.4, -0.2) is 16.9 Å². The Morgan fingerprint density at radius 3 is 2.43 bits per heavy atom. The van der Waals surface area contributed by atoms with Gasteiger partial charge in [-0.2, -0.15) is 5.10 Å². The molecule has 0 radical (unpaired) electrons. The van der Waals surface area contributed by atoms with Crippen molar-refractivity contribution >= 4 is 5.69 Å². The highest BCUT2D eigenvalue weighted by Crippen LogP contribution is 2.26. The molecule has 1 aromatic heterocycles. The van der Waals surface area contributed by atoms with Gasteiger partial charge in [-0.3, -0.25) is 4.68 Å². The number of nitrogens with zero attached hydrogens (tertiary/aromatic N) is 2. The third kappa shape index (κ3) is 2.89. The second-order valence-corrected chi connectivity index (χ2v) is 4.84. The van der Waals surface area contributed by atoms with Crippen molar-refractivity contribution in [3.8, 4) is 17.0 Å². The molecule has 1 heterocycles. The third-order valence-electron chi connectivity index (χ3n) is 3.34. The van der Waals surface area contributed by atoms with Gasteiger partial charge in [0, 0.05) is 11.8 Å². The molecule has 0 amide bonds. The standard InChI is InChI=1S/C17H17N3O/c1-21-15-9-7-14(8-10-15)17-16(18)12-20(19-17)11-13-5-3-2-4-6-13/h2-10,12H,11,18H2,1H3. The second kappa shape index (κ2) is 5.71. The average Bonchev–Trinajstić information content (AvgIpc) is 2.89. The van der Waals surface area contributed by atoms with Gasteiger partial charge in [0.25, 0.3) is 0 Å². The molecule has 0 fully saturated rings. The maximum absolute atomic E-state index is 6.08. The molecule has 21 heavy (non-hydrogen) atoms. The molecule has 0 atom stereocenters. The lowest BCUT2D eigenvalue weighted by Crippen LogP contribution is -2.00. The van der Waals surface area contributed by atoms with E-state index < -0.39 is 0 Å². The van der Waals surface area contributed by atoms with Crippen LogP contribution in [0.25, 0.3) is 11.3 Å². The number of ether oxygens (including phenoxy) is 1. The molecular weight excluding hydrogens is 262 g/mol. The van der Waals surface area contributed by atoms with E-state index in [-0.39, 0.29) is 0 Å². The van der Waals surface area contributed by atoms with E-state index in [1.807, 2.05) is 53.3 Å². The molecule has 2 aromatic carbocycles. The molecule has 106 valence electrons. The Labute approximate surface area is 123 Å². The summed E-state index contributed by atoms with van der Waals surface area (Å²) in [6.07, 6.45) is 1.87. The number of methoxy groups -OCH3 is 1. The quantitative estimate of drug-likeness (QED) is 0.798. The van der Waals surface area contributed by atoms with Crippen LogP contribution >= 0.6 is 0 Å². The maximum Gasteiger partial charge on any atom is 0.118 e. The summed E-state index contributed by atoms with van der Waals surface area (Å²) in [6.45, 7) is 0.710. The zero-order valence-electron chi connectivity index (χ0n) is 11.9. The lowest BCUT2D eigenvalue weighted by atomic mass is 10.1. The van der Waals surface area contributed by atoms with Crippen LogP contribution in [0.5, 0.6) is 5.75 Å². The summed E-state index contributed by atoms with van der Waals surface area (Å²) < 4.78 is 7.03. The Morgan fingerprint density at radius 1 is 1.05 bits per heavy atom. The Bertz CT molecular complexity index is 718. The van der Waals surface area contributed by atoms with Crippen molar-refractivity contribution in [3.05, 3.63) is 66.4 Å². The Hall–Kier alpha value is -2.75. The predicted octanol–water partition coefficient (Wildman–Crippen LogP) is 3.19. The van der Waals surface area contributed by atoms with Crippen molar-refractivity contribution in [2.75, 3.05) is 12.8 Å². The highest BCUT2D eigenvalue weighted by Gasteiger charge is 2.09. The van der Waals surface area contributed by atoms with Gasteiger partial charge in [-0.25, -0.2) is 0 Å². The van der Waals surface area contributed by atoms with Crippen LogP contribution < -0.4 is 10.5 Å². The van der Waals surface area contributed by atoms with Crippen LogP contribution in [0, 0.1) is 0 Å². The number of anilines is 1. The maximum atomic E-state index is 6.08. The molecule has 0 bridgehead atoms. The molecule has 4 nitrogen and oxygen atoms in total. The molecule has 0 aliphatic rings. The van der Waals surface area contributed by atoms with E-state index in [2.05, 4.69) is 17.2 Å². The van der Waals surface area contributed by atoms with E-state index in [1.165, 1.54) is 5.56 Å². The van der Waals surface area contributed by atoms with Gasteiger partial charge in [0.2, 0.25) is 0 Å². The predicted molar refractivity (Wildman–Crippen MR) is 84.2 cm³/mol. The van der Waals surface area contributed by atoms with E-state index in [1.54, 1.807) is 7.11 Å². The summed E-state index contributed by atoms with van der Waals surface area (Å²) in [5.74, 6) is 0.820. The third-order valence-corrected chi connectivity index (χ3v) is 3.34. The number of benzene rings is 2. The molecule has 3 aromatic rings. The van der Waals surface area contributed by atoms with Gasteiger partial charge >= 0.3 is 0 Å². The van der Waals surface area contributed by atoms with Gasteiger partial charge in [-0.15, -0.1) is 0 Å². The average molecular weight is 279 g/mol. The van der Waals surface area contributed by atoms with Gasteiger partial charge in [0.05, 0.1) is 19.3 Å². The second-order valence-electron chi connectivity index (χ2n) is 4.84. The topological polar surface area (TPSA) is 53.1 Å². The fourth-order valence-corrected chi connectivity index (χ4v) is 2.26. The summed E-state index contributed by atoms with van der Waals surface area (Å²) in [5, 5.41) is 4.58. The van der Waals surface area contributed by atoms with Crippen molar-refractivity contribution < 1.29 is 4.74 Å². The lowest BCUT2D eigenvalue weighted by Gasteiger charge is -2.02. The van der Waals surface area contributed by atoms with Crippen molar-refractivity contribution in [2.24, 2.45) is 0 Å². The number of nitrogens with two attached hydrogens (primary N) is 1. The van der Waals surface area contributed by atoms with E-state index >= 15 is 0 Å². The minimum Gasteiger partial charge on any atom is -0.497 e. The first-order valence-corrected chi connectivity index (χ1v) is 6.77. The largest absolute Gasteiger partial charge is 0.497 e. The smallest absolute Gasteiger partial charge is 0.118 e. The Kier molecular flexibility index (Phi) is 3.60. The van der Waals surface area contributed by atoms with E-state index in [4.69, 9.17) is 10.5 Å². The minimum atomic E-state index is 0.677. The molecule has 0 aliphatic carbocycles. The van der Waals surface area contributed by atoms with E-state index in [9.17, 15) is 0 Å². The molecule has 0 unspecified atom stereocenters. The first kappa shape index (κ1) is 13.2. The highest BCUT2D eigenvalue weighted by molar-refractivity contribution is 5.72. The number of rotatable bonds is 4. The van der Waals surface area contributed by atoms with Crippen molar-refractivity contribution in [1.82, 2.24) is 9.78 Å². The normalized spacial score (nSPS) is 10.5. The molecular formula is C17H17N3O. The summed E-state index contributed by atoms with van der Waals surface area (Å²) in [6, 6.07) is 17.9. The van der Waals surface area contributed by atoms with Gasteiger partial charge in [-0.1, -0.05) is 30.3 Å². The zero-order chi connectivity index (χ0) is 14.7. The van der Waals surface area contributed by atoms with Gasteiger partial charge in [-0.05, 0) is 29.8 Å². The SMILES string of the molecule is COc1ccc(-c2nn(Cc3ccccc3)cc2N)cc1.